The molecule has 1 aromatic carbocycles. The van der Waals surface area contributed by atoms with E-state index in [2.05, 4.69) is 13.8 Å². The van der Waals surface area contributed by atoms with Crippen molar-refractivity contribution in [1.82, 2.24) is 0 Å². The molecule has 2 bridgehead atoms. The van der Waals surface area contributed by atoms with Crippen LogP contribution in [-0.2, 0) is 5.60 Å². The molecule has 4 atom stereocenters. The zero-order valence-corrected chi connectivity index (χ0v) is 12.6. The van der Waals surface area contributed by atoms with Crippen molar-refractivity contribution in [2.75, 3.05) is 0 Å². The van der Waals surface area contributed by atoms with Gasteiger partial charge in [-0.3, -0.25) is 0 Å². The molecule has 0 amide bonds. The van der Waals surface area contributed by atoms with Crippen LogP contribution in [0, 0.1) is 22.7 Å². The number of fused-ring (bicyclic) bond motifs is 1. The minimum Gasteiger partial charge on any atom is -0.478 e. The van der Waals surface area contributed by atoms with Crippen molar-refractivity contribution in [3.63, 3.8) is 0 Å². The summed E-state index contributed by atoms with van der Waals surface area (Å²) in [6, 6.07) is 6.82. The molecule has 3 nitrogen and oxygen atoms in total. The first-order valence-corrected chi connectivity index (χ1v) is 7.85. The van der Waals surface area contributed by atoms with Crippen LogP contribution in [0.2, 0.25) is 0 Å². The average molecular weight is 286 g/mol. The Hall–Kier alpha value is -1.35. The largest absolute Gasteiger partial charge is 0.478 e. The molecular weight excluding hydrogens is 264 g/mol. The second-order valence-electron chi connectivity index (χ2n) is 8.09. The summed E-state index contributed by atoms with van der Waals surface area (Å²) in [5.74, 6) is 0.187. The van der Waals surface area contributed by atoms with Crippen LogP contribution in [0.3, 0.4) is 0 Å². The van der Waals surface area contributed by atoms with Crippen molar-refractivity contribution in [2.24, 2.45) is 22.7 Å². The van der Waals surface area contributed by atoms with E-state index in [1.807, 2.05) is 0 Å². The summed E-state index contributed by atoms with van der Waals surface area (Å²) < 4.78 is 0. The van der Waals surface area contributed by atoms with Crippen LogP contribution in [0.5, 0.6) is 0 Å². The maximum Gasteiger partial charge on any atom is 0.335 e. The fourth-order valence-electron chi connectivity index (χ4n) is 5.89. The van der Waals surface area contributed by atoms with Gasteiger partial charge in [-0.2, -0.15) is 0 Å². The number of aromatic carboxylic acids is 1. The molecule has 3 heteroatoms. The van der Waals surface area contributed by atoms with Gasteiger partial charge in [0, 0.05) is 0 Å². The Morgan fingerprint density at radius 2 is 1.86 bits per heavy atom. The van der Waals surface area contributed by atoms with E-state index in [4.69, 9.17) is 5.11 Å². The Morgan fingerprint density at radius 1 is 1.19 bits per heavy atom. The number of rotatable bonds is 2. The van der Waals surface area contributed by atoms with Crippen LogP contribution in [0.25, 0.3) is 0 Å². The summed E-state index contributed by atoms with van der Waals surface area (Å²) in [4.78, 5) is 11.0. The molecule has 3 fully saturated rings. The smallest absolute Gasteiger partial charge is 0.335 e. The lowest BCUT2D eigenvalue weighted by atomic mass is 9.42. The molecule has 3 unspecified atom stereocenters. The fourth-order valence-corrected chi connectivity index (χ4v) is 5.89. The third kappa shape index (κ3) is 1.45. The van der Waals surface area contributed by atoms with Crippen molar-refractivity contribution in [2.45, 2.75) is 45.1 Å². The van der Waals surface area contributed by atoms with E-state index in [9.17, 15) is 9.90 Å². The number of hydrogen-bond donors (Lipinski definition) is 2. The van der Waals surface area contributed by atoms with Gasteiger partial charge in [0.05, 0.1) is 11.2 Å². The highest BCUT2D eigenvalue weighted by Gasteiger charge is 2.74. The molecule has 1 spiro atoms. The molecule has 2 N–H and O–H groups in total. The molecule has 0 radical (unpaired) electrons. The predicted octanol–water partition coefficient (Wildman–Crippen LogP) is 3.42. The van der Waals surface area contributed by atoms with Gasteiger partial charge < -0.3 is 10.2 Å². The topological polar surface area (TPSA) is 57.5 Å². The lowest BCUT2D eigenvalue weighted by Gasteiger charge is -2.64. The quantitative estimate of drug-likeness (QED) is 0.876. The minimum absolute atomic E-state index is 0.282. The fraction of sp³-hybridized carbons (Fsp3) is 0.611. The van der Waals surface area contributed by atoms with Crippen molar-refractivity contribution in [3.05, 3.63) is 35.4 Å². The number of carbonyl (C=O) groups is 1. The van der Waals surface area contributed by atoms with Crippen molar-refractivity contribution in [1.29, 1.82) is 0 Å². The van der Waals surface area contributed by atoms with Crippen LogP contribution >= 0.6 is 0 Å². The van der Waals surface area contributed by atoms with Gasteiger partial charge in [0.15, 0.2) is 0 Å². The zero-order chi connectivity index (χ0) is 15.0. The van der Waals surface area contributed by atoms with Gasteiger partial charge in [-0.1, -0.05) is 26.0 Å². The Bertz CT molecular complexity index is 618. The molecule has 3 aliphatic rings. The predicted molar refractivity (Wildman–Crippen MR) is 79.0 cm³/mol. The first kappa shape index (κ1) is 13.3. The van der Waals surface area contributed by atoms with E-state index in [1.165, 1.54) is 12.8 Å². The Balaban J connectivity index is 1.67. The molecule has 0 aliphatic heterocycles. The highest BCUT2D eigenvalue weighted by atomic mass is 16.4. The first-order valence-electron chi connectivity index (χ1n) is 7.85. The lowest BCUT2D eigenvalue weighted by molar-refractivity contribution is -0.232. The van der Waals surface area contributed by atoms with E-state index in [1.54, 1.807) is 24.3 Å². The lowest BCUT2D eigenvalue weighted by Crippen LogP contribution is -2.62. The summed E-state index contributed by atoms with van der Waals surface area (Å²) >= 11 is 0. The summed E-state index contributed by atoms with van der Waals surface area (Å²) in [5.41, 5.74) is 1.06. The summed E-state index contributed by atoms with van der Waals surface area (Å²) in [7, 11) is 0. The van der Waals surface area contributed by atoms with E-state index >= 15 is 0 Å². The second kappa shape index (κ2) is 3.70. The normalized spacial score (nSPS) is 42.4. The highest BCUT2D eigenvalue weighted by Crippen LogP contribution is 2.79. The van der Waals surface area contributed by atoms with Gasteiger partial charge in [-0.25, -0.2) is 4.79 Å². The zero-order valence-electron chi connectivity index (χ0n) is 12.6. The Labute approximate surface area is 125 Å². The van der Waals surface area contributed by atoms with Crippen LogP contribution < -0.4 is 0 Å². The van der Waals surface area contributed by atoms with E-state index in [-0.39, 0.29) is 5.56 Å². The van der Waals surface area contributed by atoms with Crippen LogP contribution in [0.4, 0.5) is 0 Å². The van der Waals surface area contributed by atoms with E-state index < -0.39 is 11.6 Å². The van der Waals surface area contributed by atoms with Gasteiger partial charge in [-0.15, -0.1) is 0 Å². The maximum atomic E-state index is 11.2. The SMILES string of the molecule is CC1(C)CC2CC3C1(C2)C[C@]3(O)c1ccc(C(=O)O)cc1. The summed E-state index contributed by atoms with van der Waals surface area (Å²) in [6.07, 6.45) is 4.51. The number of hydrogen-bond acceptors (Lipinski definition) is 2. The van der Waals surface area contributed by atoms with Crippen molar-refractivity contribution < 1.29 is 15.0 Å². The Kier molecular flexibility index (Phi) is 2.34. The average Bonchev–Trinajstić information content (AvgIpc) is 2.86. The number of carboxylic acid groups (broad SMARTS) is 1. The van der Waals surface area contributed by atoms with E-state index in [0.717, 1.165) is 24.3 Å². The molecule has 21 heavy (non-hydrogen) atoms. The van der Waals surface area contributed by atoms with Gasteiger partial charge >= 0.3 is 5.97 Å². The standard InChI is InChI=1S/C18H22O3/c1-16(2)8-11-7-14-17(16,9-11)10-18(14,21)13-5-3-12(4-6-13)15(19)20/h3-6,11,14,21H,7-10H2,1-2H3,(H,19,20)/t11?,14?,17?,18-/m0/s1. The molecular formula is C18H22O3. The van der Waals surface area contributed by atoms with Crippen molar-refractivity contribution in [3.8, 4) is 0 Å². The van der Waals surface area contributed by atoms with Crippen molar-refractivity contribution >= 4 is 5.97 Å². The molecule has 3 aliphatic carbocycles. The number of benzene rings is 1. The molecule has 0 aromatic heterocycles. The van der Waals surface area contributed by atoms with Gasteiger partial charge in [0.1, 0.15) is 0 Å². The minimum atomic E-state index is -0.917. The highest BCUT2D eigenvalue weighted by molar-refractivity contribution is 5.87. The van der Waals surface area contributed by atoms with Crippen LogP contribution in [-0.4, -0.2) is 16.2 Å². The molecule has 4 rings (SSSR count). The molecule has 112 valence electrons. The monoisotopic (exact) mass is 286 g/mol. The molecule has 1 aromatic rings. The third-order valence-electron chi connectivity index (χ3n) is 6.83. The number of carboxylic acids is 1. The summed E-state index contributed by atoms with van der Waals surface area (Å²) in [6.45, 7) is 4.71. The second-order valence-corrected chi connectivity index (χ2v) is 8.09. The Morgan fingerprint density at radius 3 is 2.43 bits per heavy atom. The molecule has 0 saturated heterocycles. The third-order valence-corrected chi connectivity index (χ3v) is 6.83. The van der Waals surface area contributed by atoms with Gasteiger partial charge in [-0.05, 0) is 66.0 Å². The maximum absolute atomic E-state index is 11.2. The summed E-state index contributed by atoms with van der Waals surface area (Å²) in [5, 5.41) is 20.2. The van der Waals surface area contributed by atoms with Gasteiger partial charge in [0.25, 0.3) is 0 Å². The molecule has 3 saturated carbocycles. The first-order chi connectivity index (χ1) is 9.78. The number of aliphatic hydroxyl groups is 1. The van der Waals surface area contributed by atoms with Crippen LogP contribution in [0.15, 0.2) is 24.3 Å². The van der Waals surface area contributed by atoms with E-state index in [0.29, 0.717) is 16.7 Å². The van der Waals surface area contributed by atoms with Crippen LogP contribution in [0.1, 0.15) is 55.5 Å². The van der Waals surface area contributed by atoms with Gasteiger partial charge in [0.2, 0.25) is 0 Å². The molecule has 0 heterocycles.